The highest BCUT2D eigenvalue weighted by atomic mass is 16.2. The van der Waals surface area contributed by atoms with Crippen LogP contribution in [0.15, 0.2) is 0 Å². The number of amides is 3. The highest BCUT2D eigenvalue weighted by Crippen LogP contribution is 1.96. The Balaban J connectivity index is 2.41. The molecule has 3 amide bonds. The molecule has 1 aliphatic rings. The fourth-order valence-electron chi connectivity index (χ4n) is 0.905. The summed E-state index contributed by atoms with van der Waals surface area (Å²) in [6, 6.07) is -0.287. The molecular formula is C6H11N3O2. The predicted octanol–water partition coefficient (Wildman–Crippen LogP) is -1.24. The van der Waals surface area contributed by atoms with Crippen molar-refractivity contribution in [2.45, 2.75) is 0 Å². The Morgan fingerprint density at radius 2 is 2.36 bits per heavy atom. The van der Waals surface area contributed by atoms with Gasteiger partial charge >= 0.3 is 6.03 Å². The summed E-state index contributed by atoms with van der Waals surface area (Å²) >= 11 is 0. The predicted molar refractivity (Wildman–Crippen MR) is 39.0 cm³/mol. The molecule has 0 aromatic rings. The number of likely N-dealkylation sites (N-methyl/N-ethyl adjacent to an activating group) is 1. The Morgan fingerprint density at radius 3 is 2.82 bits per heavy atom. The molecule has 0 atom stereocenters. The van der Waals surface area contributed by atoms with E-state index in [0.717, 1.165) is 0 Å². The smallest absolute Gasteiger partial charge is 0.324 e. The van der Waals surface area contributed by atoms with Gasteiger partial charge in [-0.25, -0.2) is 4.79 Å². The summed E-state index contributed by atoms with van der Waals surface area (Å²) in [7, 11) is 1.78. The number of hydrogen-bond donors (Lipinski definition) is 2. The van der Waals surface area contributed by atoms with Gasteiger partial charge in [-0.1, -0.05) is 0 Å². The van der Waals surface area contributed by atoms with E-state index in [-0.39, 0.29) is 18.5 Å². The molecule has 1 fully saturated rings. The van der Waals surface area contributed by atoms with Crippen LogP contribution in [0, 0.1) is 0 Å². The van der Waals surface area contributed by atoms with Crippen molar-refractivity contribution in [1.82, 2.24) is 15.5 Å². The number of nitrogens with one attached hydrogen (secondary N) is 2. The second-order valence-corrected chi connectivity index (χ2v) is 2.31. The highest BCUT2D eigenvalue weighted by Gasteiger charge is 2.27. The molecule has 5 heteroatoms. The second-order valence-electron chi connectivity index (χ2n) is 2.31. The topological polar surface area (TPSA) is 61.4 Å². The molecule has 0 unspecified atom stereocenters. The summed E-state index contributed by atoms with van der Waals surface area (Å²) in [4.78, 5) is 23.0. The third-order valence-electron chi connectivity index (χ3n) is 1.52. The lowest BCUT2D eigenvalue weighted by Gasteiger charge is -2.10. The van der Waals surface area contributed by atoms with Gasteiger partial charge in [0.05, 0.1) is 6.54 Å². The normalized spacial score (nSPS) is 17.4. The zero-order chi connectivity index (χ0) is 8.27. The van der Waals surface area contributed by atoms with Gasteiger partial charge < -0.3 is 10.6 Å². The van der Waals surface area contributed by atoms with E-state index < -0.39 is 0 Å². The van der Waals surface area contributed by atoms with Crippen molar-refractivity contribution in [1.29, 1.82) is 0 Å². The Labute approximate surface area is 64.7 Å². The highest BCUT2D eigenvalue weighted by molar-refractivity contribution is 6.01. The summed E-state index contributed by atoms with van der Waals surface area (Å²) in [6.45, 7) is 1.23. The first-order valence-corrected chi connectivity index (χ1v) is 3.48. The first-order chi connectivity index (χ1) is 5.25. The Kier molecular flexibility index (Phi) is 2.43. The van der Waals surface area contributed by atoms with Crippen molar-refractivity contribution in [2.75, 3.05) is 26.7 Å². The first kappa shape index (κ1) is 8.00. The van der Waals surface area contributed by atoms with E-state index in [2.05, 4.69) is 10.6 Å². The van der Waals surface area contributed by atoms with Crippen LogP contribution < -0.4 is 10.6 Å². The van der Waals surface area contributed by atoms with E-state index in [1.54, 1.807) is 7.05 Å². The number of urea groups is 1. The van der Waals surface area contributed by atoms with E-state index in [9.17, 15) is 9.59 Å². The molecule has 0 aromatic carbocycles. The van der Waals surface area contributed by atoms with Gasteiger partial charge in [-0.3, -0.25) is 9.69 Å². The Morgan fingerprint density at radius 1 is 1.64 bits per heavy atom. The van der Waals surface area contributed by atoms with E-state index >= 15 is 0 Å². The molecule has 1 rings (SSSR count). The van der Waals surface area contributed by atoms with Crippen LogP contribution in [0.2, 0.25) is 0 Å². The number of carbonyl (C=O) groups is 2. The monoisotopic (exact) mass is 157 g/mol. The largest absolute Gasteiger partial charge is 0.329 e. The number of rotatable bonds is 3. The third-order valence-corrected chi connectivity index (χ3v) is 1.52. The Hall–Kier alpha value is -1.10. The van der Waals surface area contributed by atoms with Crippen molar-refractivity contribution < 1.29 is 9.59 Å². The van der Waals surface area contributed by atoms with Gasteiger partial charge in [0.1, 0.15) is 0 Å². The minimum Gasteiger partial charge on any atom is -0.329 e. The molecule has 1 saturated heterocycles. The number of nitrogens with zero attached hydrogens (tertiary/aromatic N) is 1. The molecule has 0 aliphatic carbocycles. The minimum absolute atomic E-state index is 0.141. The molecule has 1 heterocycles. The standard InChI is InChI=1S/C6H11N3O2/c1-7-2-3-9-5(10)4-8-6(9)11/h7H,2-4H2,1H3,(H,8,11). The van der Waals surface area contributed by atoms with Crippen molar-refractivity contribution in [3.63, 3.8) is 0 Å². The van der Waals surface area contributed by atoms with Crippen LogP contribution in [0.4, 0.5) is 4.79 Å². The molecule has 2 N–H and O–H groups in total. The minimum atomic E-state index is -0.287. The van der Waals surface area contributed by atoms with Crippen LogP contribution in [-0.4, -0.2) is 43.5 Å². The summed E-state index contributed by atoms with van der Waals surface area (Å²) in [5.74, 6) is -0.148. The summed E-state index contributed by atoms with van der Waals surface area (Å²) in [5, 5.41) is 5.30. The molecule has 0 saturated carbocycles. The number of carbonyl (C=O) groups excluding carboxylic acids is 2. The van der Waals surface area contributed by atoms with E-state index in [1.807, 2.05) is 0 Å². The van der Waals surface area contributed by atoms with Crippen LogP contribution in [0.1, 0.15) is 0 Å². The maximum absolute atomic E-state index is 10.9. The van der Waals surface area contributed by atoms with Crippen molar-refractivity contribution >= 4 is 11.9 Å². The molecule has 1 aliphatic heterocycles. The third kappa shape index (κ3) is 1.68. The summed E-state index contributed by atoms with van der Waals surface area (Å²) in [5.41, 5.74) is 0. The van der Waals surface area contributed by atoms with Gasteiger partial charge in [0.2, 0.25) is 5.91 Å². The first-order valence-electron chi connectivity index (χ1n) is 3.48. The number of imide groups is 1. The number of hydrogen-bond acceptors (Lipinski definition) is 3. The van der Waals surface area contributed by atoms with Crippen LogP contribution >= 0.6 is 0 Å². The zero-order valence-corrected chi connectivity index (χ0v) is 6.39. The van der Waals surface area contributed by atoms with Crippen LogP contribution in [0.25, 0.3) is 0 Å². The maximum atomic E-state index is 10.9. The summed E-state index contributed by atoms with van der Waals surface area (Å²) in [6.07, 6.45) is 0. The van der Waals surface area contributed by atoms with Crippen LogP contribution in [-0.2, 0) is 4.79 Å². The quantitative estimate of drug-likeness (QED) is 0.504. The maximum Gasteiger partial charge on any atom is 0.324 e. The fourth-order valence-corrected chi connectivity index (χ4v) is 0.905. The molecular weight excluding hydrogens is 146 g/mol. The van der Waals surface area contributed by atoms with Gasteiger partial charge in [-0.15, -0.1) is 0 Å². The summed E-state index contributed by atoms with van der Waals surface area (Å²) < 4.78 is 0. The molecule has 5 nitrogen and oxygen atoms in total. The van der Waals surface area contributed by atoms with Gasteiger partial charge in [0.25, 0.3) is 0 Å². The van der Waals surface area contributed by atoms with Crippen molar-refractivity contribution in [2.24, 2.45) is 0 Å². The second kappa shape index (κ2) is 3.34. The zero-order valence-electron chi connectivity index (χ0n) is 6.39. The molecule has 62 valence electrons. The van der Waals surface area contributed by atoms with Gasteiger partial charge in [0, 0.05) is 13.1 Å². The van der Waals surface area contributed by atoms with Crippen LogP contribution in [0.5, 0.6) is 0 Å². The van der Waals surface area contributed by atoms with Gasteiger partial charge in [-0.05, 0) is 7.05 Å². The average Bonchev–Trinajstić information content (AvgIpc) is 2.29. The molecule has 0 aromatic heterocycles. The van der Waals surface area contributed by atoms with E-state index in [4.69, 9.17) is 0 Å². The average molecular weight is 157 g/mol. The molecule has 0 spiro atoms. The lowest BCUT2D eigenvalue weighted by Crippen LogP contribution is -2.36. The van der Waals surface area contributed by atoms with Gasteiger partial charge in [-0.2, -0.15) is 0 Å². The van der Waals surface area contributed by atoms with E-state index in [0.29, 0.717) is 13.1 Å². The fraction of sp³-hybridized carbons (Fsp3) is 0.667. The van der Waals surface area contributed by atoms with Crippen LogP contribution in [0.3, 0.4) is 0 Å². The molecule has 0 bridgehead atoms. The Bertz CT molecular complexity index is 165. The SMILES string of the molecule is CNCCN1C(=O)CNC1=O. The van der Waals surface area contributed by atoms with E-state index in [1.165, 1.54) is 4.90 Å². The van der Waals surface area contributed by atoms with Gasteiger partial charge in [0.15, 0.2) is 0 Å². The van der Waals surface area contributed by atoms with Crippen molar-refractivity contribution in [3.05, 3.63) is 0 Å². The molecule has 11 heavy (non-hydrogen) atoms. The molecule has 0 radical (unpaired) electrons. The lowest BCUT2D eigenvalue weighted by atomic mass is 10.5. The van der Waals surface area contributed by atoms with Crippen molar-refractivity contribution in [3.8, 4) is 0 Å². The lowest BCUT2D eigenvalue weighted by molar-refractivity contribution is -0.124.